The molecule has 3 rings (SSSR count). The van der Waals surface area contributed by atoms with Crippen LogP contribution in [0, 0.1) is 0 Å². The number of fused-ring (bicyclic) bond motifs is 1. The second-order valence-electron chi connectivity index (χ2n) is 4.76. The normalized spacial score (nSPS) is 12.2. The van der Waals surface area contributed by atoms with Crippen LogP contribution in [0.4, 0.5) is 5.69 Å². The quantitative estimate of drug-likeness (QED) is 0.674. The Morgan fingerprint density at radius 1 is 1.33 bits per heavy atom. The number of hydrogen-bond donors (Lipinski definition) is 3. The van der Waals surface area contributed by atoms with Crippen molar-refractivity contribution in [3.05, 3.63) is 54.7 Å². The van der Waals surface area contributed by atoms with E-state index in [1.807, 2.05) is 30.3 Å². The highest BCUT2D eigenvalue weighted by atomic mass is 16.2. The van der Waals surface area contributed by atoms with Crippen molar-refractivity contribution in [3.8, 4) is 0 Å². The number of H-pyrrole nitrogens is 1. The predicted octanol–water partition coefficient (Wildman–Crippen LogP) is 1.47. The maximum Gasteiger partial charge on any atom is 0.241 e. The maximum atomic E-state index is 12.2. The molecule has 0 saturated heterocycles. The van der Waals surface area contributed by atoms with Crippen LogP contribution in [0.5, 0.6) is 0 Å². The fraction of sp³-hybridized carbons (Fsp3) is 0.133. The highest BCUT2D eigenvalue weighted by Crippen LogP contribution is 2.20. The molecule has 106 valence electrons. The molecule has 0 unspecified atom stereocenters. The fourth-order valence-corrected chi connectivity index (χ4v) is 2.16. The van der Waals surface area contributed by atoms with E-state index in [-0.39, 0.29) is 5.91 Å². The Kier molecular flexibility index (Phi) is 3.61. The van der Waals surface area contributed by atoms with Crippen molar-refractivity contribution in [2.24, 2.45) is 5.73 Å². The SMILES string of the molecule is N[C@@H](Cc1cnc[nH]1)C(=O)Nc1cccc2cccnc12. The third-order valence-electron chi connectivity index (χ3n) is 3.22. The van der Waals surface area contributed by atoms with Crippen LogP contribution in [-0.2, 0) is 11.2 Å². The van der Waals surface area contributed by atoms with E-state index in [9.17, 15) is 4.79 Å². The van der Waals surface area contributed by atoms with Crippen molar-refractivity contribution in [1.82, 2.24) is 15.0 Å². The van der Waals surface area contributed by atoms with Crippen LogP contribution < -0.4 is 11.1 Å². The van der Waals surface area contributed by atoms with Crippen LogP contribution in [0.1, 0.15) is 5.69 Å². The Morgan fingerprint density at radius 2 is 2.19 bits per heavy atom. The van der Waals surface area contributed by atoms with Crippen LogP contribution in [0.15, 0.2) is 49.1 Å². The van der Waals surface area contributed by atoms with Gasteiger partial charge in [0.2, 0.25) is 5.91 Å². The lowest BCUT2D eigenvalue weighted by Gasteiger charge is -2.12. The third kappa shape index (κ3) is 2.90. The van der Waals surface area contributed by atoms with Crippen LogP contribution in [0.25, 0.3) is 10.9 Å². The molecule has 0 aliphatic heterocycles. The number of nitrogens with one attached hydrogen (secondary N) is 2. The highest BCUT2D eigenvalue weighted by Gasteiger charge is 2.16. The lowest BCUT2D eigenvalue weighted by Crippen LogP contribution is -2.37. The van der Waals surface area contributed by atoms with Gasteiger partial charge in [0.05, 0.1) is 23.6 Å². The Bertz CT molecular complexity index is 748. The van der Waals surface area contributed by atoms with E-state index in [1.165, 1.54) is 0 Å². The Labute approximate surface area is 121 Å². The average Bonchev–Trinajstić information content (AvgIpc) is 3.00. The first-order chi connectivity index (χ1) is 10.2. The zero-order valence-corrected chi connectivity index (χ0v) is 11.3. The lowest BCUT2D eigenvalue weighted by atomic mass is 10.1. The Hall–Kier alpha value is -2.73. The molecule has 0 fully saturated rings. The maximum absolute atomic E-state index is 12.2. The third-order valence-corrected chi connectivity index (χ3v) is 3.22. The molecule has 0 aliphatic rings. The van der Waals surface area contributed by atoms with E-state index in [4.69, 9.17) is 5.73 Å². The van der Waals surface area contributed by atoms with Gasteiger partial charge in [-0.05, 0) is 12.1 Å². The molecular weight excluding hydrogens is 266 g/mol. The van der Waals surface area contributed by atoms with E-state index >= 15 is 0 Å². The van der Waals surface area contributed by atoms with Gasteiger partial charge in [0, 0.05) is 29.9 Å². The van der Waals surface area contributed by atoms with Gasteiger partial charge in [0.25, 0.3) is 0 Å². The zero-order valence-electron chi connectivity index (χ0n) is 11.3. The fourth-order valence-electron chi connectivity index (χ4n) is 2.16. The van der Waals surface area contributed by atoms with Gasteiger partial charge in [-0.25, -0.2) is 4.98 Å². The standard InChI is InChI=1S/C15H15N5O/c16-12(7-11-8-17-9-19-11)15(21)20-13-5-1-3-10-4-2-6-18-14(10)13/h1-6,8-9,12H,7,16H2,(H,17,19)(H,20,21)/t12-/m0/s1. The molecule has 1 aromatic carbocycles. The molecule has 0 aliphatic carbocycles. The van der Waals surface area contributed by atoms with Gasteiger partial charge < -0.3 is 16.0 Å². The summed E-state index contributed by atoms with van der Waals surface area (Å²) in [7, 11) is 0. The van der Waals surface area contributed by atoms with Crippen molar-refractivity contribution >= 4 is 22.5 Å². The monoisotopic (exact) mass is 281 g/mol. The number of carbonyl (C=O) groups excluding carboxylic acids is 1. The van der Waals surface area contributed by atoms with E-state index in [1.54, 1.807) is 18.7 Å². The second-order valence-corrected chi connectivity index (χ2v) is 4.76. The van der Waals surface area contributed by atoms with Gasteiger partial charge in [-0.15, -0.1) is 0 Å². The number of para-hydroxylation sites is 1. The molecule has 6 heteroatoms. The van der Waals surface area contributed by atoms with E-state index < -0.39 is 6.04 Å². The van der Waals surface area contributed by atoms with Crippen LogP contribution >= 0.6 is 0 Å². The first kappa shape index (κ1) is 13.3. The summed E-state index contributed by atoms with van der Waals surface area (Å²) < 4.78 is 0. The Morgan fingerprint density at radius 3 is 3.00 bits per heavy atom. The second kappa shape index (κ2) is 5.72. The van der Waals surface area contributed by atoms with Gasteiger partial charge in [0.1, 0.15) is 0 Å². The van der Waals surface area contributed by atoms with Gasteiger partial charge in [-0.3, -0.25) is 9.78 Å². The van der Waals surface area contributed by atoms with Gasteiger partial charge in [-0.1, -0.05) is 18.2 Å². The van der Waals surface area contributed by atoms with Gasteiger partial charge >= 0.3 is 0 Å². The molecule has 1 atom stereocenters. The molecule has 1 amide bonds. The van der Waals surface area contributed by atoms with Crippen LogP contribution in [-0.4, -0.2) is 26.9 Å². The number of imidazole rings is 1. The smallest absolute Gasteiger partial charge is 0.241 e. The Balaban J connectivity index is 1.77. The predicted molar refractivity (Wildman–Crippen MR) is 80.6 cm³/mol. The summed E-state index contributed by atoms with van der Waals surface area (Å²) in [6.07, 6.45) is 5.33. The minimum atomic E-state index is -0.649. The van der Waals surface area contributed by atoms with E-state index in [0.717, 1.165) is 16.6 Å². The summed E-state index contributed by atoms with van der Waals surface area (Å²) in [5, 5.41) is 3.81. The first-order valence-electron chi connectivity index (χ1n) is 6.61. The van der Waals surface area contributed by atoms with E-state index in [0.29, 0.717) is 12.1 Å². The number of nitrogens with zero attached hydrogens (tertiary/aromatic N) is 2. The number of amides is 1. The number of carbonyl (C=O) groups is 1. The molecule has 0 bridgehead atoms. The minimum Gasteiger partial charge on any atom is -0.348 e. The van der Waals surface area contributed by atoms with Crippen molar-refractivity contribution in [2.75, 3.05) is 5.32 Å². The minimum absolute atomic E-state index is 0.247. The average molecular weight is 281 g/mol. The molecule has 2 aromatic heterocycles. The van der Waals surface area contributed by atoms with Crippen molar-refractivity contribution in [2.45, 2.75) is 12.5 Å². The van der Waals surface area contributed by atoms with Crippen molar-refractivity contribution < 1.29 is 4.79 Å². The molecular formula is C15H15N5O. The molecule has 21 heavy (non-hydrogen) atoms. The highest BCUT2D eigenvalue weighted by molar-refractivity contribution is 6.02. The van der Waals surface area contributed by atoms with Crippen molar-refractivity contribution in [1.29, 1.82) is 0 Å². The summed E-state index contributed by atoms with van der Waals surface area (Å²) in [5.41, 5.74) is 8.16. The molecule has 6 nitrogen and oxygen atoms in total. The van der Waals surface area contributed by atoms with E-state index in [2.05, 4.69) is 20.3 Å². The molecule has 3 aromatic rings. The molecule has 0 radical (unpaired) electrons. The topological polar surface area (TPSA) is 96.7 Å². The number of anilines is 1. The molecule has 2 heterocycles. The lowest BCUT2D eigenvalue weighted by molar-refractivity contribution is -0.117. The summed E-state index contributed by atoms with van der Waals surface area (Å²) in [6.45, 7) is 0. The number of benzene rings is 1. The van der Waals surface area contributed by atoms with Crippen LogP contribution in [0.3, 0.4) is 0 Å². The summed E-state index contributed by atoms with van der Waals surface area (Å²) in [4.78, 5) is 23.3. The van der Waals surface area contributed by atoms with Gasteiger partial charge in [0.15, 0.2) is 0 Å². The number of aromatic nitrogens is 3. The first-order valence-corrected chi connectivity index (χ1v) is 6.61. The molecule has 4 N–H and O–H groups in total. The van der Waals surface area contributed by atoms with Gasteiger partial charge in [-0.2, -0.15) is 0 Å². The zero-order chi connectivity index (χ0) is 14.7. The van der Waals surface area contributed by atoms with Crippen molar-refractivity contribution in [3.63, 3.8) is 0 Å². The summed E-state index contributed by atoms with van der Waals surface area (Å²) in [5.74, 6) is -0.247. The largest absolute Gasteiger partial charge is 0.348 e. The number of pyridine rings is 1. The van der Waals surface area contributed by atoms with Crippen LogP contribution in [0.2, 0.25) is 0 Å². The molecule has 0 saturated carbocycles. The molecule has 0 spiro atoms. The summed E-state index contributed by atoms with van der Waals surface area (Å²) >= 11 is 0. The number of hydrogen-bond acceptors (Lipinski definition) is 4. The number of nitrogens with two attached hydrogens (primary N) is 1. The number of rotatable bonds is 4. The number of aromatic amines is 1. The summed E-state index contributed by atoms with van der Waals surface area (Å²) in [6, 6.07) is 8.79.